The quantitative estimate of drug-likeness (QED) is 0.838. The van der Waals surface area contributed by atoms with Gasteiger partial charge in [-0.2, -0.15) is 4.31 Å². The summed E-state index contributed by atoms with van der Waals surface area (Å²) in [6, 6.07) is 6.60. The summed E-state index contributed by atoms with van der Waals surface area (Å²) in [4.78, 5) is 12.0. The lowest BCUT2D eigenvalue weighted by atomic mass is 10.2. The summed E-state index contributed by atoms with van der Waals surface area (Å²) >= 11 is 0. The van der Waals surface area contributed by atoms with E-state index in [4.69, 9.17) is 10.5 Å². The Bertz CT molecular complexity index is 749. The van der Waals surface area contributed by atoms with Crippen LogP contribution >= 0.6 is 0 Å². The Morgan fingerprint density at radius 2 is 1.96 bits per heavy atom. The van der Waals surface area contributed by atoms with Crippen LogP contribution in [-0.4, -0.2) is 38.4 Å². The van der Waals surface area contributed by atoms with Gasteiger partial charge in [0.2, 0.25) is 10.0 Å². The monoisotopic (exact) mass is 336 g/mol. The molecule has 0 aromatic heterocycles. The van der Waals surface area contributed by atoms with Gasteiger partial charge in [0.25, 0.3) is 0 Å². The predicted molar refractivity (Wildman–Crippen MR) is 86.9 cm³/mol. The van der Waals surface area contributed by atoms with Crippen molar-refractivity contribution in [1.29, 1.82) is 0 Å². The van der Waals surface area contributed by atoms with Crippen LogP contribution in [0.15, 0.2) is 52.6 Å². The van der Waals surface area contributed by atoms with E-state index in [1.54, 1.807) is 37.3 Å². The van der Waals surface area contributed by atoms with Gasteiger partial charge in [0.1, 0.15) is 0 Å². The minimum Gasteiger partial charge on any atom is -0.462 e. The van der Waals surface area contributed by atoms with Gasteiger partial charge in [0.05, 0.1) is 23.6 Å². The summed E-state index contributed by atoms with van der Waals surface area (Å²) in [5, 5.41) is 0. The lowest BCUT2D eigenvalue weighted by Crippen LogP contribution is -2.34. The molecule has 0 fully saturated rings. The number of esters is 1. The zero-order valence-corrected chi connectivity index (χ0v) is 14.0. The molecule has 0 unspecified atom stereocenters. The van der Waals surface area contributed by atoms with Crippen molar-refractivity contribution in [3.63, 3.8) is 0 Å². The fourth-order valence-electron chi connectivity index (χ4n) is 2.19. The molecule has 2 N–H and O–H groups in total. The molecule has 1 heterocycles. The Balaban J connectivity index is 2.31. The number of rotatable bonds is 4. The summed E-state index contributed by atoms with van der Waals surface area (Å²) in [6.07, 6.45) is 3.11. The number of hydrogen-bond acceptors (Lipinski definition) is 5. The third kappa shape index (κ3) is 3.80. The summed E-state index contributed by atoms with van der Waals surface area (Å²) in [6.45, 7) is 3.90. The van der Waals surface area contributed by atoms with Gasteiger partial charge in [0, 0.05) is 12.2 Å². The van der Waals surface area contributed by atoms with Gasteiger partial charge in [0.15, 0.2) is 0 Å². The average molecular weight is 336 g/mol. The average Bonchev–Trinajstić information content (AvgIpc) is 2.70. The van der Waals surface area contributed by atoms with Crippen LogP contribution in [-0.2, 0) is 19.6 Å². The SMILES string of the molecule is CCOC(=O)C1=C(N)CN(S(=O)(=O)c2ccc(C)cc2)CC=C1. The molecule has 1 aromatic rings. The summed E-state index contributed by atoms with van der Waals surface area (Å²) in [5.74, 6) is -0.546. The van der Waals surface area contributed by atoms with E-state index in [1.807, 2.05) is 6.92 Å². The maximum Gasteiger partial charge on any atom is 0.339 e. The van der Waals surface area contributed by atoms with E-state index in [1.165, 1.54) is 10.4 Å². The van der Waals surface area contributed by atoms with Crippen LogP contribution in [0.25, 0.3) is 0 Å². The van der Waals surface area contributed by atoms with E-state index < -0.39 is 16.0 Å². The Labute approximate surface area is 136 Å². The van der Waals surface area contributed by atoms with E-state index >= 15 is 0 Å². The van der Waals surface area contributed by atoms with E-state index in [0.29, 0.717) is 0 Å². The highest BCUT2D eigenvalue weighted by molar-refractivity contribution is 7.89. The fourth-order valence-corrected chi connectivity index (χ4v) is 3.55. The van der Waals surface area contributed by atoms with Gasteiger partial charge in [-0.3, -0.25) is 0 Å². The molecule has 23 heavy (non-hydrogen) atoms. The molecular formula is C16H20N2O4S. The number of nitrogens with two attached hydrogens (primary N) is 1. The van der Waals surface area contributed by atoms with Crippen LogP contribution in [0.3, 0.4) is 0 Å². The van der Waals surface area contributed by atoms with Crippen molar-refractivity contribution in [2.24, 2.45) is 5.73 Å². The van der Waals surface area contributed by atoms with Crippen LogP contribution in [0.2, 0.25) is 0 Å². The van der Waals surface area contributed by atoms with Gasteiger partial charge >= 0.3 is 5.97 Å². The van der Waals surface area contributed by atoms with E-state index in [-0.39, 0.29) is 35.9 Å². The molecule has 1 aliphatic rings. The van der Waals surface area contributed by atoms with Crippen molar-refractivity contribution in [3.05, 3.63) is 53.3 Å². The van der Waals surface area contributed by atoms with Crippen LogP contribution in [0, 0.1) is 6.92 Å². The second kappa shape index (κ2) is 6.97. The Morgan fingerprint density at radius 1 is 1.30 bits per heavy atom. The first-order valence-electron chi connectivity index (χ1n) is 7.25. The second-order valence-corrected chi connectivity index (χ2v) is 7.11. The smallest absolute Gasteiger partial charge is 0.339 e. The zero-order valence-electron chi connectivity index (χ0n) is 13.2. The first kappa shape index (κ1) is 17.2. The predicted octanol–water partition coefficient (Wildman–Crippen LogP) is 1.33. The molecular weight excluding hydrogens is 316 g/mol. The number of hydrogen-bond donors (Lipinski definition) is 1. The molecule has 0 saturated carbocycles. The number of aryl methyl sites for hydroxylation is 1. The summed E-state index contributed by atoms with van der Waals surface area (Å²) < 4.78 is 31.6. The van der Waals surface area contributed by atoms with Crippen molar-refractivity contribution in [2.75, 3.05) is 19.7 Å². The van der Waals surface area contributed by atoms with E-state index in [0.717, 1.165) is 5.56 Å². The van der Waals surface area contributed by atoms with E-state index in [2.05, 4.69) is 0 Å². The molecule has 1 aromatic carbocycles. The lowest BCUT2D eigenvalue weighted by molar-refractivity contribution is -0.138. The van der Waals surface area contributed by atoms with Gasteiger partial charge in [-0.25, -0.2) is 13.2 Å². The molecule has 124 valence electrons. The maximum atomic E-state index is 12.7. The lowest BCUT2D eigenvalue weighted by Gasteiger charge is -2.20. The van der Waals surface area contributed by atoms with E-state index in [9.17, 15) is 13.2 Å². The van der Waals surface area contributed by atoms with Crippen LogP contribution < -0.4 is 5.73 Å². The number of carbonyl (C=O) groups excluding carboxylic acids is 1. The topological polar surface area (TPSA) is 89.7 Å². The third-order valence-electron chi connectivity index (χ3n) is 3.44. The minimum absolute atomic E-state index is 0.0582. The van der Waals surface area contributed by atoms with Crippen LogP contribution in [0.1, 0.15) is 12.5 Å². The molecule has 0 radical (unpaired) electrons. The Morgan fingerprint density at radius 3 is 2.57 bits per heavy atom. The normalized spacial score (nSPS) is 16.3. The largest absolute Gasteiger partial charge is 0.462 e. The zero-order chi connectivity index (χ0) is 17.0. The number of ether oxygens (including phenoxy) is 1. The molecule has 0 amide bonds. The highest BCUT2D eigenvalue weighted by atomic mass is 32.2. The summed E-state index contributed by atoms with van der Waals surface area (Å²) in [5.41, 5.74) is 7.27. The highest BCUT2D eigenvalue weighted by Gasteiger charge is 2.27. The van der Waals surface area contributed by atoms with Gasteiger partial charge in [-0.15, -0.1) is 0 Å². The Kier molecular flexibility index (Phi) is 5.23. The van der Waals surface area contributed by atoms with Gasteiger partial charge in [-0.05, 0) is 32.1 Å². The van der Waals surface area contributed by atoms with Crippen molar-refractivity contribution >= 4 is 16.0 Å². The molecule has 0 bridgehead atoms. The van der Waals surface area contributed by atoms with Gasteiger partial charge in [-0.1, -0.05) is 23.8 Å². The fraction of sp³-hybridized carbons (Fsp3) is 0.312. The van der Waals surface area contributed by atoms with Crippen molar-refractivity contribution in [1.82, 2.24) is 4.31 Å². The number of sulfonamides is 1. The van der Waals surface area contributed by atoms with Crippen molar-refractivity contribution < 1.29 is 17.9 Å². The third-order valence-corrected chi connectivity index (χ3v) is 5.27. The first-order valence-corrected chi connectivity index (χ1v) is 8.69. The Hall–Kier alpha value is -2.12. The van der Waals surface area contributed by atoms with Crippen molar-refractivity contribution in [2.45, 2.75) is 18.7 Å². The molecule has 1 aliphatic heterocycles. The molecule has 6 nitrogen and oxygen atoms in total. The number of carbonyl (C=O) groups is 1. The highest BCUT2D eigenvalue weighted by Crippen LogP contribution is 2.20. The molecule has 0 spiro atoms. The van der Waals surface area contributed by atoms with Crippen LogP contribution in [0.4, 0.5) is 0 Å². The molecule has 0 atom stereocenters. The standard InChI is InChI=1S/C16H20N2O4S/c1-3-22-16(19)14-5-4-10-18(11-15(14)17)23(20,21)13-8-6-12(2)7-9-13/h4-9H,3,10-11,17H2,1-2H3. The molecule has 2 rings (SSSR count). The summed E-state index contributed by atoms with van der Waals surface area (Å²) in [7, 11) is -3.68. The number of nitrogens with zero attached hydrogens (tertiary/aromatic N) is 1. The minimum atomic E-state index is -3.68. The van der Waals surface area contributed by atoms with Crippen LogP contribution in [0.5, 0.6) is 0 Å². The van der Waals surface area contributed by atoms with Crippen molar-refractivity contribution in [3.8, 4) is 0 Å². The molecule has 7 heteroatoms. The second-order valence-electron chi connectivity index (χ2n) is 5.17. The molecule has 0 aliphatic carbocycles. The first-order chi connectivity index (χ1) is 10.9. The molecule has 0 saturated heterocycles. The van der Waals surface area contributed by atoms with Gasteiger partial charge < -0.3 is 10.5 Å². The number of benzene rings is 1. The maximum absolute atomic E-state index is 12.7.